The number of fused-ring (bicyclic) bond motifs is 2. The van der Waals surface area contributed by atoms with Gasteiger partial charge in [-0.25, -0.2) is 4.98 Å². The minimum atomic E-state index is -0.970. The van der Waals surface area contributed by atoms with Crippen molar-refractivity contribution in [3.63, 3.8) is 0 Å². The van der Waals surface area contributed by atoms with Gasteiger partial charge in [-0.3, -0.25) is 18.8 Å². The molecule has 0 radical (unpaired) electrons. The van der Waals surface area contributed by atoms with Gasteiger partial charge in [0.25, 0.3) is 11.5 Å². The number of hydrogen-bond donors (Lipinski definition) is 1. The monoisotopic (exact) mass is 365 g/mol. The molecule has 0 fully saturated rings. The molecule has 1 amide bonds. The molecule has 1 aliphatic heterocycles. The fourth-order valence-electron chi connectivity index (χ4n) is 2.77. The summed E-state index contributed by atoms with van der Waals surface area (Å²) in [4.78, 5) is 40.5. The molecule has 3 aromatic rings. The molecule has 2 aromatic heterocycles. The van der Waals surface area contributed by atoms with Crippen LogP contribution in [0.5, 0.6) is 5.75 Å². The van der Waals surface area contributed by atoms with Gasteiger partial charge in [0, 0.05) is 12.3 Å². The van der Waals surface area contributed by atoms with Crippen molar-refractivity contribution < 1.29 is 19.1 Å². The Bertz CT molecular complexity index is 1090. The number of amides is 1. The molecular formula is C19H15N3O5. The SMILES string of the molecule is O=C(CC1Oc2ccccc2NC1=O)OCc1cc(=O)n2ccccc2n1. The maximum Gasteiger partial charge on any atom is 0.310 e. The Hall–Kier alpha value is -3.68. The van der Waals surface area contributed by atoms with Crippen molar-refractivity contribution in [2.24, 2.45) is 0 Å². The van der Waals surface area contributed by atoms with Crippen LogP contribution in [0.3, 0.4) is 0 Å². The second kappa shape index (κ2) is 6.91. The first-order valence-electron chi connectivity index (χ1n) is 8.30. The van der Waals surface area contributed by atoms with Gasteiger partial charge < -0.3 is 14.8 Å². The van der Waals surface area contributed by atoms with Gasteiger partial charge in [-0.15, -0.1) is 0 Å². The van der Waals surface area contributed by atoms with Gasteiger partial charge in [-0.1, -0.05) is 18.2 Å². The maximum absolute atomic E-state index is 12.1. The molecule has 1 N–H and O–H groups in total. The lowest BCUT2D eigenvalue weighted by molar-refractivity contribution is -0.149. The summed E-state index contributed by atoms with van der Waals surface area (Å²) in [5.41, 5.74) is 1.09. The van der Waals surface area contributed by atoms with Crippen LogP contribution in [-0.2, 0) is 20.9 Å². The van der Waals surface area contributed by atoms with Gasteiger partial charge in [0.2, 0.25) is 0 Å². The van der Waals surface area contributed by atoms with E-state index >= 15 is 0 Å². The molecule has 3 heterocycles. The minimum Gasteiger partial charge on any atom is -0.478 e. The largest absolute Gasteiger partial charge is 0.478 e. The van der Waals surface area contributed by atoms with E-state index in [1.807, 2.05) is 0 Å². The lowest BCUT2D eigenvalue weighted by Gasteiger charge is -2.25. The molecule has 136 valence electrons. The molecule has 0 bridgehead atoms. The predicted molar refractivity (Wildman–Crippen MR) is 95.4 cm³/mol. The fraction of sp³-hybridized carbons (Fsp3) is 0.158. The summed E-state index contributed by atoms with van der Waals surface area (Å²) in [6.07, 6.45) is 0.395. The molecule has 1 aliphatic rings. The van der Waals surface area contributed by atoms with Crippen molar-refractivity contribution in [3.05, 3.63) is 70.8 Å². The van der Waals surface area contributed by atoms with E-state index in [0.717, 1.165) is 0 Å². The topological polar surface area (TPSA) is 99.0 Å². The summed E-state index contributed by atoms with van der Waals surface area (Å²) in [6.45, 7) is -0.162. The Labute approximate surface area is 153 Å². The van der Waals surface area contributed by atoms with Gasteiger partial charge in [0.15, 0.2) is 6.10 Å². The normalized spacial score (nSPS) is 15.6. The number of ether oxygens (including phenoxy) is 2. The van der Waals surface area contributed by atoms with Crippen molar-refractivity contribution >= 4 is 23.2 Å². The Morgan fingerprint density at radius 1 is 1.19 bits per heavy atom. The van der Waals surface area contributed by atoms with E-state index in [0.29, 0.717) is 22.8 Å². The van der Waals surface area contributed by atoms with Crippen LogP contribution in [0.25, 0.3) is 5.65 Å². The number of aromatic nitrogens is 2. The number of nitrogens with zero attached hydrogens (tertiary/aromatic N) is 2. The van der Waals surface area contributed by atoms with Crippen molar-refractivity contribution in [2.45, 2.75) is 19.1 Å². The average Bonchev–Trinajstić information content (AvgIpc) is 2.67. The van der Waals surface area contributed by atoms with Crippen molar-refractivity contribution in [2.75, 3.05) is 5.32 Å². The summed E-state index contributed by atoms with van der Waals surface area (Å²) in [5, 5.41) is 2.69. The first-order valence-corrected chi connectivity index (χ1v) is 8.30. The van der Waals surface area contributed by atoms with E-state index in [9.17, 15) is 14.4 Å². The smallest absolute Gasteiger partial charge is 0.310 e. The molecule has 1 aromatic carbocycles. The first kappa shape index (κ1) is 16.8. The number of benzene rings is 1. The number of carbonyl (C=O) groups is 2. The fourth-order valence-corrected chi connectivity index (χ4v) is 2.77. The van der Waals surface area contributed by atoms with Crippen LogP contribution in [0.1, 0.15) is 12.1 Å². The third-order valence-electron chi connectivity index (χ3n) is 4.06. The van der Waals surface area contributed by atoms with Gasteiger partial charge in [0.05, 0.1) is 17.8 Å². The zero-order valence-corrected chi connectivity index (χ0v) is 14.1. The zero-order valence-electron chi connectivity index (χ0n) is 14.1. The van der Waals surface area contributed by atoms with E-state index in [4.69, 9.17) is 9.47 Å². The van der Waals surface area contributed by atoms with Gasteiger partial charge >= 0.3 is 5.97 Å². The Balaban J connectivity index is 1.40. The Morgan fingerprint density at radius 3 is 2.89 bits per heavy atom. The number of hydrogen-bond acceptors (Lipinski definition) is 6. The second-order valence-corrected chi connectivity index (χ2v) is 5.97. The first-order chi connectivity index (χ1) is 13.1. The number of pyridine rings is 1. The molecular weight excluding hydrogens is 350 g/mol. The van der Waals surface area contributed by atoms with Crippen molar-refractivity contribution in [1.29, 1.82) is 0 Å². The molecule has 1 unspecified atom stereocenters. The zero-order chi connectivity index (χ0) is 18.8. The molecule has 27 heavy (non-hydrogen) atoms. The summed E-state index contributed by atoms with van der Waals surface area (Å²) in [6, 6.07) is 13.4. The van der Waals surface area contributed by atoms with Crippen LogP contribution in [0.15, 0.2) is 59.5 Å². The third-order valence-corrected chi connectivity index (χ3v) is 4.06. The van der Waals surface area contributed by atoms with Crippen molar-refractivity contribution in [3.8, 4) is 5.75 Å². The quantitative estimate of drug-likeness (QED) is 0.704. The van der Waals surface area contributed by atoms with E-state index in [1.54, 1.807) is 48.7 Å². The van der Waals surface area contributed by atoms with Gasteiger partial charge in [-0.2, -0.15) is 0 Å². The van der Waals surface area contributed by atoms with Crippen molar-refractivity contribution in [1.82, 2.24) is 9.38 Å². The number of esters is 1. The highest BCUT2D eigenvalue weighted by atomic mass is 16.5. The highest BCUT2D eigenvalue weighted by Gasteiger charge is 2.30. The number of anilines is 1. The average molecular weight is 365 g/mol. The highest BCUT2D eigenvalue weighted by molar-refractivity contribution is 5.99. The number of carbonyl (C=O) groups excluding carboxylic acids is 2. The second-order valence-electron chi connectivity index (χ2n) is 5.97. The van der Waals surface area contributed by atoms with Gasteiger partial charge in [-0.05, 0) is 24.3 Å². The lowest BCUT2D eigenvalue weighted by atomic mass is 10.1. The van der Waals surface area contributed by atoms with E-state index in [-0.39, 0.29) is 18.6 Å². The third kappa shape index (κ3) is 3.50. The predicted octanol–water partition coefficient (Wildman–Crippen LogP) is 1.53. The van der Waals surface area contributed by atoms with Crippen LogP contribution >= 0.6 is 0 Å². The molecule has 8 nitrogen and oxygen atoms in total. The van der Waals surface area contributed by atoms with Crippen LogP contribution in [0.4, 0.5) is 5.69 Å². The van der Waals surface area contributed by atoms with Crippen LogP contribution in [0.2, 0.25) is 0 Å². The summed E-state index contributed by atoms with van der Waals surface area (Å²) in [5.74, 6) is -0.531. The molecule has 1 atom stereocenters. The molecule has 8 heteroatoms. The van der Waals surface area contributed by atoms with Gasteiger partial charge in [0.1, 0.15) is 18.0 Å². The Morgan fingerprint density at radius 2 is 2.00 bits per heavy atom. The number of para-hydroxylation sites is 2. The lowest BCUT2D eigenvalue weighted by Crippen LogP contribution is -2.38. The van der Waals surface area contributed by atoms with Crippen LogP contribution in [0, 0.1) is 0 Å². The summed E-state index contributed by atoms with van der Waals surface area (Å²) in [7, 11) is 0. The summed E-state index contributed by atoms with van der Waals surface area (Å²) >= 11 is 0. The van der Waals surface area contributed by atoms with E-state index in [1.165, 1.54) is 10.5 Å². The van der Waals surface area contributed by atoms with E-state index < -0.39 is 18.0 Å². The number of rotatable bonds is 4. The summed E-state index contributed by atoms with van der Waals surface area (Å²) < 4.78 is 12.1. The highest BCUT2D eigenvalue weighted by Crippen LogP contribution is 2.29. The molecule has 4 rings (SSSR count). The maximum atomic E-state index is 12.1. The van der Waals surface area contributed by atoms with Crippen LogP contribution in [-0.4, -0.2) is 27.4 Å². The van der Waals surface area contributed by atoms with E-state index in [2.05, 4.69) is 10.3 Å². The van der Waals surface area contributed by atoms with Crippen LogP contribution < -0.4 is 15.6 Å². The minimum absolute atomic E-state index is 0.162. The molecule has 0 saturated carbocycles. The molecule has 0 aliphatic carbocycles. The number of nitrogens with one attached hydrogen (secondary N) is 1. The standard InChI is InChI=1S/C19H15N3O5/c23-17-9-12(20-16-7-3-4-8-22(16)17)11-26-18(24)10-15-19(25)21-13-5-1-2-6-14(13)27-15/h1-9,15H,10-11H2,(H,21,25). The molecule has 0 saturated heterocycles. The Kier molecular flexibility index (Phi) is 4.29. The molecule has 0 spiro atoms.